The van der Waals surface area contributed by atoms with Crippen LogP contribution in [0.15, 0.2) is 35.9 Å². The number of fused-ring (bicyclic) bond motifs is 1. The molecule has 20 heavy (non-hydrogen) atoms. The van der Waals surface area contributed by atoms with Gasteiger partial charge in [0.05, 0.1) is 0 Å². The predicted molar refractivity (Wildman–Crippen MR) is 92.4 cm³/mol. The SMILES string of the molecule is CC.CC(C)=CCN(C)C.c1ccc2c(c1)CCCC2. The molecular formula is C19H33N. The van der Waals surface area contributed by atoms with Gasteiger partial charge in [0.1, 0.15) is 0 Å². The summed E-state index contributed by atoms with van der Waals surface area (Å²) in [5.74, 6) is 0. The number of likely N-dealkylation sites (N-methyl/N-ethyl adjacent to an activating group) is 1. The number of allylic oxidation sites excluding steroid dienone is 1. The van der Waals surface area contributed by atoms with Crippen molar-refractivity contribution in [2.45, 2.75) is 53.4 Å². The van der Waals surface area contributed by atoms with Crippen LogP contribution in [-0.2, 0) is 12.8 Å². The Hall–Kier alpha value is -1.08. The zero-order chi connectivity index (χ0) is 15.4. The Morgan fingerprint density at radius 2 is 1.45 bits per heavy atom. The molecule has 0 radical (unpaired) electrons. The van der Waals surface area contributed by atoms with E-state index in [4.69, 9.17) is 0 Å². The fourth-order valence-electron chi connectivity index (χ4n) is 2.04. The summed E-state index contributed by atoms with van der Waals surface area (Å²) >= 11 is 0. The summed E-state index contributed by atoms with van der Waals surface area (Å²) in [6.07, 6.45) is 7.58. The molecule has 0 fully saturated rings. The molecule has 0 amide bonds. The van der Waals surface area contributed by atoms with E-state index in [2.05, 4.69) is 63.2 Å². The van der Waals surface area contributed by atoms with Crippen LogP contribution in [0, 0.1) is 0 Å². The lowest BCUT2D eigenvalue weighted by Gasteiger charge is -2.13. The van der Waals surface area contributed by atoms with Crippen molar-refractivity contribution in [1.29, 1.82) is 0 Å². The van der Waals surface area contributed by atoms with Crippen molar-refractivity contribution >= 4 is 0 Å². The molecule has 1 heteroatoms. The third kappa shape index (κ3) is 8.92. The van der Waals surface area contributed by atoms with Crippen molar-refractivity contribution in [3.8, 4) is 0 Å². The number of hydrogen-bond donors (Lipinski definition) is 0. The second-order valence-corrected chi connectivity index (χ2v) is 5.52. The number of nitrogens with zero attached hydrogens (tertiary/aromatic N) is 1. The molecule has 114 valence electrons. The monoisotopic (exact) mass is 275 g/mol. The van der Waals surface area contributed by atoms with Gasteiger partial charge in [-0.3, -0.25) is 0 Å². The van der Waals surface area contributed by atoms with Crippen LogP contribution in [0.5, 0.6) is 0 Å². The molecular weight excluding hydrogens is 242 g/mol. The lowest BCUT2D eigenvalue weighted by atomic mass is 9.92. The smallest absolute Gasteiger partial charge is 0.0159 e. The zero-order valence-electron chi connectivity index (χ0n) is 14.4. The maximum Gasteiger partial charge on any atom is 0.0159 e. The number of aryl methyl sites for hydroxylation is 2. The van der Waals surface area contributed by atoms with Gasteiger partial charge < -0.3 is 4.90 Å². The predicted octanol–water partition coefficient (Wildman–Crippen LogP) is 5.11. The van der Waals surface area contributed by atoms with Gasteiger partial charge in [-0.25, -0.2) is 0 Å². The minimum atomic E-state index is 1.06. The highest BCUT2D eigenvalue weighted by molar-refractivity contribution is 5.28. The first-order chi connectivity index (χ1) is 9.59. The summed E-state index contributed by atoms with van der Waals surface area (Å²) < 4.78 is 0. The second kappa shape index (κ2) is 11.7. The number of rotatable bonds is 2. The first kappa shape index (κ1) is 18.9. The van der Waals surface area contributed by atoms with Crippen LogP contribution in [-0.4, -0.2) is 25.5 Å². The van der Waals surface area contributed by atoms with Gasteiger partial charge in [0.2, 0.25) is 0 Å². The van der Waals surface area contributed by atoms with Crippen LogP contribution < -0.4 is 0 Å². The van der Waals surface area contributed by atoms with E-state index in [0.29, 0.717) is 0 Å². The van der Waals surface area contributed by atoms with Crippen molar-refractivity contribution in [3.05, 3.63) is 47.0 Å². The van der Waals surface area contributed by atoms with Gasteiger partial charge in [-0.05, 0) is 64.8 Å². The maximum absolute atomic E-state index is 2.26. The minimum Gasteiger partial charge on any atom is -0.306 e. The first-order valence-electron chi connectivity index (χ1n) is 7.94. The molecule has 0 aromatic heterocycles. The van der Waals surface area contributed by atoms with E-state index in [9.17, 15) is 0 Å². The Bertz CT molecular complexity index is 348. The van der Waals surface area contributed by atoms with Crippen LogP contribution >= 0.6 is 0 Å². The van der Waals surface area contributed by atoms with Gasteiger partial charge in [0.25, 0.3) is 0 Å². The number of benzene rings is 1. The Kier molecular flexibility index (Phi) is 11.1. The van der Waals surface area contributed by atoms with Crippen LogP contribution in [0.2, 0.25) is 0 Å². The Morgan fingerprint density at radius 1 is 1.00 bits per heavy atom. The maximum atomic E-state index is 2.26. The molecule has 0 N–H and O–H groups in total. The molecule has 1 aromatic carbocycles. The van der Waals surface area contributed by atoms with E-state index in [1.54, 1.807) is 11.1 Å². The minimum absolute atomic E-state index is 1.06. The van der Waals surface area contributed by atoms with Crippen molar-refractivity contribution in [2.75, 3.05) is 20.6 Å². The van der Waals surface area contributed by atoms with E-state index in [1.165, 1.54) is 31.3 Å². The highest BCUT2D eigenvalue weighted by Gasteiger charge is 2.05. The third-order valence-electron chi connectivity index (χ3n) is 3.13. The molecule has 1 aliphatic rings. The first-order valence-corrected chi connectivity index (χ1v) is 7.94. The lowest BCUT2D eigenvalue weighted by molar-refractivity contribution is 0.455. The van der Waals surface area contributed by atoms with Gasteiger partial charge in [-0.2, -0.15) is 0 Å². The fourth-order valence-corrected chi connectivity index (χ4v) is 2.04. The molecule has 0 heterocycles. The summed E-state index contributed by atoms with van der Waals surface area (Å²) in [4.78, 5) is 2.15. The normalized spacial score (nSPS) is 12.3. The topological polar surface area (TPSA) is 3.24 Å². The van der Waals surface area contributed by atoms with Crippen molar-refractivity contribution in [1.82, 2.24) is 4.90 Å². The van der Waals surface area contributed by atoms with Gasteiger partial charge >= 0.3 is 0 Å². The number of hydrogen-bond acceptors (Lipinski definition) is 1. The Balaban J connectivity index is 0.000000330. The Labute approximate surface area is 126 Å². The fraction of sp³-hybridized carbons (Fsp3) is 0.579. The van der Waals surface area contributed by atoms with E-state index >= 15 is 0 Å². The zero-order valence-corrected chi connectivity index (χ0v) is 14.4. The van der Waals surface area contributed by atoms with E-state index in [-0.39, 0.29) is 0 Å². The quantitative estimate of drug-likeness (QED) is 0.678. The van der Waals surface area contributed by atoms with Gasteiger partial charge in [-0.1, -0.05) is 49.8 Å². The molecule has 1 aliphatic carbocycles. The molecule has 0 bridgehead atoms. The largest absolute Gasteiger partial charge is 0.306 e. The van der Waals surface area contributed by atoms with Gasteiger partial charge in [0.15, 0.2) is 0 Å². The van der Waals surface area contributed by atoms with Crippen LogP contribution in [0.25, 0.3) is 0 Å². The van der Waals surface area contributed by atoms with Crippen molar-refractivity contribution in [3.63, 3.8) is 0 Å². The summed E-state index contributed by atoms with van der Waals surface area (Å²) in [7, 11) is 4.14. The highest BCUT2D eigenvalue weighted by Crippen LogP contribution is 2.19. The van der Waals surface area contributed by atoms with Crippen LogP contribution in [0.1, 0.15) is 51.7 Å². The van der Waals surface area contributed by atoms with Crippen LogP contribution in [0.4, 0.5) is 0 Å². The molecule has 2 rings (SSSR count). The van der Waals surface area contributed by atoms with E-state index < -0.39 is 0 Å². The average molecular weight is 275 g/mol. The molecule has 1 aromatic rings. The van der Waals surface area contributed by atoms with E-state index in [0.717, 1.165) is 6.54 Å². The Morgan fingerprint density at radius 3 is 1.75 bits per heavy atom. The second-order valence-electron chi connectivity index (χ2n) is 5.52. The van der Waals surface area contributed by atoms with E-state index in [1.807, 2.05) is 13.8 Å². The van der Waals surface area contributed by atoms with Crippen LogP contribution in [0.3, 0.4) is 0 Å². The van der Waals surface area contributed by atoms with Gasteiger partial charge in [0, 0.05) is 6.54 Å². The lowest BCUT2D eigenvalue weighted by Crippen LogP contribution is -2.10. The summed E-state index contributed by atoms with van der Waals surface area (Å²) in [6.45, 7) is 9.29. The van der Waals surface area contributed by atoms with Gasteiger partial charge in [-0.15, -0.1) is 0 Å². The molecule has 0 aliphatic heterocycles. The summed E-state index contributed by atoms with van der Waals surface area (Å²) in [5.41, 5.74) is 4.54. The molecule has 0 spiro atoms. The van der Waals surface area contributed by atoms with Crippen molar-refractivity contribution < 1.29 is 0 Å². The van der Waals surface area contributed by atoms with Crippen molar-refractivity contribution in [2.24, 2.45) is 0 Å². The molecule has 0 unspecified atom stereocenters. The highest BCUT2D eigenvalue weighted by atomic mass is 15.0. The molecule has 0 saturated carbocycles. The third-order valence-corrected chi connectivity index (χ3v) is 3.13. The standard InChI is InChI=1S/C10H12.C7H15N.C2H6/c1-2-6-10-8-4-3-7-9(10)5-1;1-7(2)5-6-8(3)4;1-2/h1-2,5-6H,3-4,7-8H2;5H,6H2,1-4H3;1-2H3. The average Bonchev–Trinajstić information content (AvgIpc) is 2.48. The molecule has 1 nitrogen and oxygen atoms in total. The summed E-state index contributed by atoms with van der Waals surface area (Å²) in [6, 6.07) is 8.80. The molecule has 0 atom stereocenters. The summed E-state index contributed by atoms with van der Waals surface area (Å²) in [5, 5.41) is 0. The molecule has 0 saturated heterocycles.